The van der Waals surface area contributed by atoms with Crippen molar-refractivity contribution >= 4 is 29.1 Å². The number of amides is 2. The molecule has 1 unspecified atom stereocenters. The van der Waals surface area contributed by atoms with Crippen molar-refractivity contribution in [1.82, 2.24) is 4.90 Å². The van der Waals surface area contributed by atoms with Gasteiger partial charge in [-0.05, 0) is 36.6 Å². The minimum Gasteiger partial charge on any atom is -0.322 e. The van der Waals surface area contributed by atoms with Gasteiger partial charge in [0.25, 0.3) is 0 Å². The zero-order chi connectivity index (χ0) is 19.7. The number of nitrogens with zero attached hydrogens (tertiary/aromatic N) is 2. The van der Waals surface area contributed by atoms with E-state index in [-0.39, 0.29) is 30.3 Å². The van der Waals surface area contributed by atoms with E-state index in [4.69, 9.17) is 11.6 Å². The summed E-state index contributed by atoms with van der Waals surface area (Å²) in [6.45, 7) is 0.0810. The van der Waals surface area contributed by atoms with Crippen LogP contribution in [0, 0.1) is 5.92 Å². The molecule has 146 valence electrons. The highest BCUT2D eigenvalue weighted by molar-refractivity contribution is 6.30. The fourth-order valence-corrected chi connectivity index (χ4v) is 4.66. The summed E-state index contributed by atoms with van der Waals surface area (Å²) in [4.78, 5) is 29.9. The van der Waals surface area contributed by atoms with Crippen molar-refractivity contribution in [2.45, 2.75) is 38.1 Å². The summed E-state index contributed by atoms with van der Waals surface area (Å²) in [6.07, 6.45) is 5.16. The number of rotatable bonds is 2. The van der Waals surface area contributed by atoms with Gasteiger partial charge < -0.3 is 9.80 Å². The smallest absolute Gasteiger partial charge is 0.246 e. The highest BCUT2D eigenvalue weighted by Crippen LogP contribution is 2.40. The van der Waals surface area contributed by atoms with Gasteiger partial charge in [0.05, 0.1) is 6.04 Å². The molecule has 1 heterocycles. The summed E-state index contributed by atoms with van der Waals surface area (Å²) in [5.41, 5.74) is 2.71. The van der Waals surface area contributed by atoms with Gasteiger partial charge in [-0.25, -0.2) is 0 Å². The van der Waals surface area contributed by atoms with E-state index in [1.807, 2.05) is 42.5 Å². The van der Waals surface area contributed by atoms with E-state index in [0.29, 0.717) is 5.02 Å². The molecule has 0 spiro atoms. The van der Waals surface area contributed by atoms with Crippen LogP contribution in [-0.4, -0.2) is 30.3 Å². The fraction of sp³-hybridized carbons (Fsp3) is 0.391. The molecule has 4 rings (SSSR count). The normalized spacial score (nSPS) is 20.6. The molecule has 0 saturated heterocycles. The summed E-state index contributed by atoms with van der Waals surface area (Å²) in [5.74, 6) is 0.00749. The van der Waals surface area contributed by atoms with Crippen LogP contribution in [0.15, 0.2) is 48.5 Å². The van der Waals surface area contributed by atoms with Crippen LogP contribution >= 0.6 is 11.6 Å². The quantitative estimate of drug-likeness (QED) is 0.730. The molecule has 0 radical (unpaired) electrons. The van der Waals surface area contributed by atoms with Gasteiger partial charge in [-0.2, -0.15) is 0 Å². The third-order valence-corrected chi connectivity index (χ3v) is 6.22. The summed E-state index contributed by atoms with van der Waals surface area (Å²) in [5, 5.41) is 0.604. The average Bonchev–Trinajstić information content (AvgIpc) is 2.83. The number of carbonyl (C=O) groups excluding carboxylic acids is 2. The first-order valence-electron chi connectivity index (χ1n) is 9.97. The first-order chi connectivity index (χ1) is 13.6. The topological polar surface area (TPSA) is 40.6 Å². The summed E-state index contributed by atoms with van der Waals surface area (Å²) >= 11 is 6.34. The summed E-state index contributed by atoms with van der Waals surface area (Å²) in [7, 11) is 1.77. The van der Waals surface area contributed by atoms with Crippen LogP contribution in [0.1, 0.15) is 49.3 Å². The van der Waals surface area contributed by atoms with E-state index in [9.17, 15) is 9.59 Å². The van der Waals surface area contributed by atoms with E-state index in [1.165, 1.54) is 6.42 Å². The van der Waals surface area contributed by atoms with Crippen molar-refractivity contribution in [3.05, 3.63) is 64.7 Å². The zero-order valence-corrected chi connectivity index (χ0v) is 16.9. The SMILES string of the molecule is CN1C(=O)CN(C(=O)C2CCCCC2)C(c2ccccc2)c2cc(Cl)ccc21. The molecule has 1 aliphatic carbocycles. The van der Waals surface area contributed by atoms with Crippen molar-refractivity contribution in [3.63, 3.8) is 0 Å². The van der Waals surface area contributed by atoms with E-state index in [2.05, 4.69) is 0 Å². The monoisotopic (exact) mass is 396 g/mol. The summed E-state index contributed by atoms with van der Waals surface area (Å²) < 4.78 is 0. The Kier molecular flexibility index (Phi) is 5.40. The molecular weight excluding hydrogens is 372 g/mol. The lowest BCUT2D eigenvalue weighted by Crippen LogP contribution is -2.44. The number of hydrogen-bond donors (Lipinski definition) is 0. The third kappa shape index (κ3) is 3.53. The Hall–Kier alpha value is -2.33. The number of anilines is 1. The van der Waals surface area contributed by atoms with Gasteiger partial charge in [0.15, 0.2) is 0 Å². The van der Waals surface area contributed by atoms with Crippen LogP contribution in [0.2, 0.25) is 5.02 Å². The fourth-order valence-electron chi connectivity index (χ4n) is 4.48. The molecule has 0 bridgehead atoms. The Balaban J connectivity index is 1.85. The number of hydrogen-bond acceptors (Lipinski definition) is 2. The molecule has 2 aromatic carbocycles. The van der Waals surface area contributed by atoms with Crippen molar-refractivity contribution in [2.75, 3.05) is 18.5 Å². The lowest BCUT2D eigenvalue weighted by molar-refractivity contribution is -0.141. The van der Waals surface area contributed by atoms with Gasteiger partial charge in [-0.15, -0.1) is 0 Å². The number of fused-ring (bicyclic) bond motifs is 1. The predicted molar refractivity (Wildman–Crippen MR) is 111 cm³/mol. The van der Waals surface area contributed by atoms with Crippen molar-refractivity contribution < 1.29 is 9.59 Å². The Bertz CT molecular complexity index is 877. The van der Waals surface area contributed by atoms with Crippen LogP contribution in [0.5, 0.6) is 0 Å². The van der Waals surface area contributed by atoms with Gasteiger partial charge in [-0.1, -0.05) is 61.2 Å². The van der Waals surface area contributed by atoms with Crippen molar-refractivity contribution in [2.24, 2.45) is 5.92 Å². The van der Waals surface area contributed by atoms with Crippen LogP contribution < -0.4 is 4.90 Å². The molecule has 1 atom stereocenters. The molecule has 2 amide bonds. The molecule has 1 fully saturated rings. The third-order valence-electron chi connectivity index (χ3n) is 5.99. The maximum Gasteiger partial charge on any atom is 0.246 e. The molecule has 1 aliphatic heterocycles. The second kappa shape index (κ2) is 7.96. The van der Waals surface area contributed by atoms with E-state index < -0.39 is 0 Å². The lowest BCUT2D eigenvalue weighted by atomic mass is 9.87. The largest absolute Gasteiger partial charge is 0.322 e. The molecule has 5 heteroatoms. The van der Waals surface area contributed by atoms with Gasteiger partial charge in [0.2, 0.25) is 11.8 Å². The van der Waals surface area contributed by atoms with Crippen LogP contribution in [-0.2, 0) is 9.59 Å². The van der Waals surface area contributed by atoms with Crippen molar-refractivity contribution in [1.29, 1.82) is 0 Å². The Labute approximate surface area is 171 Å². The molecular formula is C23H25ClN2O2. The Morgan fingerprint density at radius 1 is 1.04 bits per heavy atom. The second-order valence-electron chi connectivity index (χ2n) is 7.77. The van der Waals surface area contributed by atoms with Crippen LogP contribution in [0.3, 0.4) is 0 Å². The lowest BCUT2D eigenvalue weighted by Gasteiger charge is -2.34. The minimum atomic E-state index is -0.321. The zero-order valence-electron chi connectivity index (χ0n) is 16.1. The molecule has 28 heavy (non-hydrogen) atoms. The molecule has 2 aromatic rings. The summed E-state index contributed by atoms with van der Waals surface area (Å²) in [6, 6.07) is 15.2. The Morgan fingerprint density at radius 3 is 2.46 bits per heavy atom. The minimum absolute atomic E-state index is 0.00111. The van der Waals surface area contributed by atoms with E-state index in [0.717, 1.165) is 42.5 Å². The highest BCUT2D eigenvalue weighted by atomic mass is 35.5. The van der Waals surface area contributed by atoms with Crippen molar-refractivity contribution in [3.8, 4) is 0 Å². The first kappa shape index (κ1) is 19.0. The number of halogens is 1. The molecule has 4 nitrogen and oxygen atoms in total. The standard InChI is InChI=1S/C23H25ClN2O2/c1-25-20-13-12-18(24)14-19(20)22(16-8-4-2-5-9-16)26(15-21(25)27)23(28)17-10-6-3-7-11-17/h2,4-5,8-9,12-14,17,22H,3,6-7,10-11,15H2,1H3. The van der Waals surface area contributed by atoms with Crippen LogP contribution in [0.4, 0.5) is 5.69 Å². The second-order valence-corrected chi connectivity index (χ2v) is 8.21. The molecule has 2 aliphatic rings. The number of likely N-dealkylation sites (N-methyl/N-ethyl adjacent to an activating group) is 1. The van der Waals surface area contributed by atoms with Crippen LogP contribution in [0.25, 0.3) is 0 Å². The highest BCUT2D eigenvalue weighted by Gasteiger charge is 2.38. The maximum absolute atomic E-state index is 13.6. The average molecular weight is 397 g/mol. The van der Waals surface area contributed by atoms with Gasteiger partial charge in [-0.3, -0.25) is 9.59 Å². The van der Waals surface area contributed by atoms with Gasteiger partial charge in [0, 0.05) is 29.2 Å². The first-order valence-corrected chi connectivity index (χ1v) is 10.4. The van der Waals surface area contributed by atoms with E-state index >= 15 is 0 Å². The molecule has 0 aromatic heterocycles. The maximum atomic E-state index is 13.6. The molecule has 0 N–H and O–H groups in total. The number of benzene rings is 2. The Morgan fingerprint density at radius 2 is 1.75 bits per heavy atom. The number of carbonyl (C=O) groups is 2. The van der Waals surface area contributed by atoms with Gasteiger partial charge in [0.1, 0.15) is 6.54 Å². The van der Waals surface area contributed by atoms with E-state index in [1.54, 1.807) is 22.9 Å². The predicted octanol–water partition coefficient (Wildman–Crippen LogP) is 4.81. The van der Waals surface area contributed by atoms with Gasteiger partial charge >= 0.3 is 0 Å². The molecule has 1 saturated carbocycles.